The zero-order valence-electron chi connectivity index (χ0n) is 3.56. The molecule has 0 aromatic heterocycles. The second kappa shape index (κ2) is 0.716. The van der Waals surface area contributed by atoms with E-state index in [1.54, 1.807) is 0 Å². The maximum absolute atomic E-state index is 4.92. The molecule has 1 nitrogen and oxygen atoms in total. The third kappa shape index (κ3) is 0.428. The van der Waals surface area contributed by atoms with Crippen molar-refractivity contribution < 1.29 is 4.74 Å². The van der Waals surface area contributed by atoms with Crippen LogP contribution in [0.1, 0.15) is 13.8 Å². The lowest BCUT2D eigenvalue weighted by Gasteiger charge is -1.57. The van der Waals surface area contributed by atoms with E-state index in [9.17, 15) is 0 Å². The molecule has 0 bridgehead atoms. The van der Waals surface area contributed by atoms with Gasteiger partial charge in [0.2, 0.25) is 0 Å². The summed E-state index contributed by atoms with van der Waals surface area (Å²) in [7, 11) is 0. The van der Waals surface area contributed by atoms with Gasteiger partial charge in [0.1, 0.15) is 0 Å². The second-order valence-electron chi connectivity index (χ2n) is 1.55. The Morgan fingerprint density at radius 1 is 1.20 bits per heavy atom. The van der Waals surface area contributed by atoms with Crippen LogP contribution < -0.4 is 0 Å². The summed E-state index contributed by atoms with van der Waals surface area (Å²) in [6.07, 6.45) is 1.10. The standard InChI is InChI=1S/C4H8O/c1-3-4(2)5-3/h3-4H,1-2H3/t3-,4+. The van der Waals surface area contributed by atoms with Gasteiger partial charge in [-0.05, 0) is 13.8 Å². The molecule has 1 aliphatic rings. The number of rotatable bonds is 0. The van der Waals surface area contributed by atoms with Gasteiger partial charge in [0.05, 0.1) is 12.2 Å². The van der Waals surface area contributed by atoms with Crippen LogP contribution in [-0.4, -0.2) is 12.2 Å². The summed E-state index contributed by atoms with van der Waals surface area (Å²) in [5.74, 6) is 0. The Morgan fingerprint density at radius 2 is 1.40 bits per heavy atom. The molecule has 0 N–H and O–H groups in total. The molecule has 0 aromatic rings. The molecule has 0 radical (unpaired) electrons. The molecule has 0 aliphatic carbocycles. The van der Waals surface area contributed by atoms with E-state index in [1.165, 1.54) is 0 Å². The average molecular weight is 72.1 g/mol. The van der Waals surface area contributed by atoms with Crippen LogP contribution in [0.5, 0.6) is 0 Å². The van der Waals surface area contributed by atoms with Crippen LogP contribution in [0, 0.1) is 0 Å². The molecule has 0 spiro atoms. The molecular weight excluding hydrogens is 64.0 g/mol. The molecule has 1 fully saturated rings. The molecule has 0 amide bonds. The zero-order chi connectivity index (χ0) is 3.86. The summed E-state index contributed by atoms with van der Waals surface area (Å²) in [5, 5.41) is 0. The first-order valence-electron chi connectivity index (χ1n) is 1.96. The Bertz CT molecular complexity index is 36.9. The first kappa shape index (κ1) is 3.16. The minimum absolute atomic E-state index is 0.551. The Labute approximate surface area is 31.9 Å². The first-order chi connectivity index (χ1) is 2.30. The van der Waals surface area contributed by atoms with Crippen molar-refractivity contribution in [1.82, 2.24) is 0 Å². The van der Waals surface area contributed by atoms with Gasteiger partial charge in [0, 0.05) is 0 Å². The van der Waals surface area contributed by atoms with Gasteiger partial charge in [-0.15, -0.1) is 0 Å². The van der Waals surface area contributed by atoms with E-state index < -0.39 is 0 Å². The smallest absolute Gasteiger partial charge is 0.0811 e. The van der Waals surface area contributed by atoms with Gasteiger partial charge < -0.3 is 4.74 Å². The van der Waals surface area contributed by atoms with Crippen LogP contribution in [0.25, 0.3) is 0 Å². The van der Waals surface area contributed by atoms with Crippen molar-refractivity contribution in [1.29, 1.82) is 0 Å². The minimum Gasteiger partial charge on any atom is -0.370 e. The van der Waals surface area contributed by atoms with Gasteiger partial charge in [-0.2, -0.15) is 0 Å². The highest BCUT2D eigenvalue weighted by Crippen LogP contribution is 2.18. The predicted molar refractivity (Wildman–Crippen MR) is 20.0 cm³/mol. The van der Waals surface area contributed by atoms with Crippen LogP contribution in [0.3, 0.4) is 0 Å². The lowest BCUT2D eigenvalue weighted by atomic mass is 10.4. The van der Waals surface area contributed by atoms with Crippen molar-refractivity contribution in [2.45, 2.75) is 26.1 Å². The lowest BCUT2D eigenvalue weighted by molar-refractivity contribution is 0.389. The van der Waals surface area contributed by atoms with Gasteiger partial charge in [0.15, 0.2) is 0 Å². The van der Waals surface area contributed by atoms with Crippen LogP contribution in [0.15, 0.2) is 0 Å². The number of epoxide rings is 1. The lowest BCUT2D eigenvalue weighted by Crippen LogP contribution is -1.74. The third-order valence-electron chi connectivity index (χ3n) is 1.01. The summed E-state index contributed by atoms with van der Waals surface area (Å²) in [6.45, 7) is 4.15. The molecular formula is C4H8O. The number of hydrogen-bond acceptors (Lipinski definition) is 1. The van der Waals surface area contributed by atoms with Crippen molar-refractivity contribution in [3.63, 3.8) is 0 Å². The van der Waals surface area contributed by atoms with Gasteiger partial charge in [-0.3, -0.25) is 0 Å². The number of ether oxygens (including phenoxy) is 1. The maximum atomic E-state index is 4.92. The molecule has 1 heteroatoms. The molecule has 1 heterocycles. The molecule has 30 valence electrons. The fourth-order valence-electron chi connectivity index (χ4n) is 0.293. The summed E-state index contributed by atoms with van der Waals surface area (Å²) >= 11 is 0. The topological polar surface area (TPSA) is 12.5 Å². The molecule has 1 rings (SSSR count). The van der Waals surface area contributed by atoms with Crippen molar-refractivity contribution in [2.24, 2.45) is 0 Å². The Balaban J connectivity index is 2.20. The summed E-state index contributed by atoms with van der Waals surface area (Å²) in [5.41, 5.74) is 0. The summed E-state index contributed by atoms with van der Waals surface area (Å²) in [6, 6.07) is 0. The van der Waals surface area contributed by atoms with E-state index in [2.05, 4.69) is 13.8 Å². The number of hydrogen-bond donors (Lipinski definition) is 0. The van der Waals surface area contributed by atoms with E-state index >= 15 is 0 Å². The van der Waals surface area contributed by atoms with E-state index in [0.29, 0.717) is 12.2 Å². The van der Waals surface area contributed by atoms with Crippen molar-refractivity contribution in [2.75, 3.05) is 0 Å². The minimum atomic E-state index is 0.551. The fraction of sp³-hybridized carbons (Fsp3) is 1.00. The highest BCUT2D eigenvalue weighted by Gasteiger charge is 2.27. The third-order valence-corrected chi connectivity index (χ3v) is 1.01. The molecule has 0 unspecified atom stereocenters. The van der Waals surface area contributed by atoms with E-state index in [1.807, 2.05) is 0 Å². The molecule has 1 saturated heterocycles. The van der Waals surface area contributed by atoms with Crippen LogP contribution >= 0.6 is 0 Å². The monoisotopic (exact) mass is 72.1 g/mol. The van der Waals surface area contributed by atoms with Crippen LogP contribution in [-0.2, 0) is 4.74 Å². The molecule has 0 saturated carbocycles. The average Bonchev–Trinajstić information content (AvgIpc) is 1.79. The fourth-order valence-corrected chi connectivity index (χ4v) is 0.293. The van der Waals surface area contributed by atoms with Crippen LogP contribution in [0.2, 0.25) is 0 Å². The largest absolute Gasteiger partial charge is 0.370 e. The summed E-state index contributed by atoms with van der Waals surface area (Å²) in [4.78, 5) is 0. The van der Waals surface area contributed by atoms with E-state index in [4.69, 9.17) is 4.74 Å². The molecule has 5 heavy (non-hydrogen) atoms. The molecule has 1 aliphatic heterocycles. The van der Waals surface area contributed by atoms with E-state index in [0.717, 1.165) is 0 Å². The maximum Gasteiger partial charge on any atom is 0.0811 e. The second-order valence-corrected chi connectivity index (χ2v) is 1.55. The molecule has 2 atom stereocenters. The zero-order valence-corrected chi connectivity index (χ0v) is 3.56. The normalized spacial score (nSPS) is 49.2. The van der Waals surface area contributed by atoms with Crippen molar-refractivity contribution >= 4 is 0 Å². The Morgan fingerprint density at radius 3 is 1.40 bits per heavy atom. The Hall–Kier alpha value is -0.0400. The predicted octanol–water partition coefficient (Wildman–Crippen LogP) is 0.794. The summed E-state index contributed by atoms with van der Waals surface area (Å²) < 4.78 is 4.92. The van der Waals surface area contributed by atoms with Crippen molar-refractivity contribution in [3.05, 3.63) is 0 Å². The SMILES string of the molecule is C[C@@H]1O[C@@H]1C. The van der Waals surface area contributed by atoms with Gasteiger partial charge in [-0.1, -0.05) is 0 Å². The highest BCUT2D eigenvalue weighted by molar-refractivity contribution is 4.73. The van der Waals surface area contributed by atoms with Gasteiger partial charge in [0.25, 0.3) is 0 Å². The molecule has 0 aromatic carbocycles. The van der Waals surface area contributed by atoms with E-state index in [-0.39, 0.29) is 0 Å². The Kier molecular flexibility index (Phi) is 0.453. The van der Waals surface area contributed by atoms with Crippen LogP contribution in [0.4, 0.5) is 0 Å². The first-order valence-corrected chi connectivity index (χ1v) is 1.96. The van der Waals surface area contributed by atoms with Crippen molar-refractivity contribution in [3.8, 4) is 0 Å². The highest BCUT2D eigenvalue weighted by atomic mass is 16.6. The van der Waals surface area contributed by atoms with Gasteiger partial charge in [-0.25, -0.2) is 0 Å². The quantitative estimate of drug-likeness (QED) is 0.385. The van der Waals surface area contributed by atoms with Gasteiger partial charge >= 0.3 is 0 Å².